The molecule has 33 heavy (non-hydrogen) atoms. The number of nitrogens with one attached hydrogen (secondary N) is 1. The summed E-state index contributed by atoms with van der Waals surface area (Å²) in [6.07, 6.45) is 2.12. The van der Waals surface area contributed by atoms with Crippen molar-refractivity contribution in [1.29, 1.82) is 0 Å². The molecule has 1 aliphatic rings. The van der Waals surface area contributed by atoms with Crippen molar-refractivity contribution in [3.05, 3.63) is 59.4 Å². The zero-order valence-electron chi connectivity index (χ0n) is 19.1. The summed E-state index contributed by atoms with van der Waals surface area (Å²) in [5, 5.41) is 1.02. The van der Waals surface area contributed by atoms with Gasteiger partial charge in [-0.1, -0.05) is 18.2 Å². The third kappa shape index (κ3) is 4.00. The van der Waals surface area contributed by atoms with Crippen molar-refractivity contribution in [3.63, 3.8) is 0 Å². The number of hydrogen-bond donors (Lipinski definition) is 1. The lowest BCUT2D eigenvalue weighted by atomic mass is 10.0. The Hall–Kier alpha value is -3.94. The Morgan fingerprint density at radius 1 is 1.03 bits per heavy atom. The maximum Gasteiger partial charge on any atom is 0.341 e. The molecule has 1 aromatic heterocycles. The molecular weight excluding hydrogens is 424 g/mol. The predicted octanol–water partition coefficient (Wildman–Crippen LogP) is 3.80. The van der Waals surface area contributed by atoms with Crippen LogP contribution in [0, 0.1) is 0 Å². The van der Waals surface area contributed by atoms with Crippen molar-refractivity contribution >= 4 is 28.4 Å². The van der Waals surface area contributed by atoms with Gasteiger partial charge in [0.1, 0.15) is 0 Å². The van der Waals surface area contributed by atoms with Gasteiger partial charge >= 0.3 is 5.97 Å². The van der Waals surface area contributed by atoms with Gasteiger partial charge in [0.05, 0.1) is 39.2 Å². The van der Waals surface area contributed by atoms with Gasteiger partial charge < -0.3 is 28.8 Å². The molecular formula is C25H26N2O6. The van der Waals surface area contributed by atoms with Crippen LogP contribution in [-0.4, -0.2) is 56.2 Å². The first kappa shape index (κ1) is 22.3. The lowest BCUT2D eigenvalue weighted by Gasteiger charge is -2.20. The largest absolute Gasteiger partial charge is 0.493 e. The summed E-state index contributed by atoms with van der Waals surface area (Å²) >= 11 is 0. The van der Waals surface area contributed by atoms with Crippen LogP contribution in [-0.2, 0) is 16.0 Å². The van der Waals surface area contributed by atoms with E-state index in [2.05, 4.69) is 4.98 Å². The maximum atomic E-state index is 13.5. The normalized spacial score (nSPS) is 13.1. The van der Waals surface area contributed by atoms with Crippen LogP contribution in [0.4, 0.5) is 0 Å². The number of H-pyrrole nitrogens is 1. The lowest BCUT2D eigenvalue weighted by molar-refractivity contribution is -0.136. The number of hydrogen-bond acceptors (Lipinski definition) is 6. The Kier molecular flexibility index (Phi) is 6.26. The second kappa shape index (κ2) is 9.28. The van der Waals surface area contributed by atoms with Crippen LogP contribution in [0.5, 0.6) is 17.2 Å². The number of esters is 1. The highest BCUT2D eigenvalue weighted by Gasteiger charge is 2.28. The predicted molar refractivity (Wildman–Crippen MR) is 124 cm³/mol. The highest BCUT2D eigenvalue weighted by Crippen LogP contribution is 2.39. The number of aromatic nitrogens is 1. The minimum absolute atomic E-state index is 0.229. The fraction of sp³-hybridized carbons (Fsp3) is 0.280. The molecule has 0 aliphatic carbocycles. The number of rotatable bonds is 6. The minimum Gasteiger partial charge on any atom is -0.493 e. The number of nitrogens with zero attached hydrogens (tertiary/aromatic N) is 1. The van der Waals surface area contributed by atoms with Crippen molar-refractivity contribution in [2.24, 2.45) is 0 Å². The van der Waals surface area contributed by atoms with E-state index in [1.807, 2.05) is 24.3 Å². The highest BCUT2D eigenvalue weighted by atomic mass is 16.5. The van der Waals surface area contributed by atoms with Crippen molar-refractivity contribution in [2.45, 2.75) is 13.3 Å². The van der Waals surface area contributed by atoms with Gasteiger partial charge in [-0.15, -0.1) is 0 Å². The summed E-state index contributed by atoms with van der Waals surface area (Å²) in [5.74, 6) is 0.360. The molecule has 2 heterocycles. The van der Waals surface area contributed by atoms with Gasteiger partial charge in [0, 0.05) is 29.2 Å². The second-order valence-corrected chi connectivity index (χ2v) is 7.45. The minimum atomic E-state index is -0.491. The Morgan fingerprint density at radius 2 is 1.73 bits per heavy atom. The van der Waals surface area contributed by atoms with Crippen LogP contribution >= 0.6 is 0 Å². The topological polar surface area (TPSA) is 90.1 Å². The molecule has 0 bridgehead atoms. The molecule has 0 fully saturated rings. The average molecular weight is 450 g/mol. The summed E-state index contributed by atoms with van der Waals surface area (Å²) in [7, 11) is 4.49. The van der Waals surface area contributed by atoms with E-state index < -0.39 is 5.97 Å². The molecule has 0 saturated carbocycles. The summed E-state index contributed by atoms with van der Waals surface area (Å²) in [5.41, 5.74) is 3.24. The van der Waals surface area contributed by atoms with Crippen molar-refractivity contribution < 1.29 is 28.5 Å². The van der Waals surface area contributed by atoms with E-state index in [4.69, 9.17) is 18.9 Å². The summed E-state index contributed by atoms with van der Waals surface area (Å²) < 4.78 is 21.4. The van der Waals surface area contributed by atoms with E-state index in [0.29, 0.717) is 47.0 Å². The number of ether oxygens (including phenoxy) is 4. The monoisotopic (exact) mass is 450 g/mol. The van der Waals surface area contributed by atoms with Crippen LogP contribution in [0.1, 0.15) is 28.5 Å². The number of carbonyl (C=O) groups excluding carboxylic acids is 2. The highest BCUT2D eigenvalue weighted by molar-refractivity contribution is 6.18. The van der Waals surface area contributed by atoms with E-state index in [9.17, 15) is 9.59 Å². The van der Waals surface area contributed by atoms with Gasteiger partial charge in [0.25, 0.3) is 5.91 Å². The zero-order chi connectivity index (χ0) is 23.5. The van der Waals surface area contributed by atoms with E-state index in [-0.39, 0.29) is 12.5 Å². The molecule has 0 saturated heterocycles. The van der Waals surface area contributed by atoms with Crippen LogP contribution in [0.2, 0.25) is 0 Å². The van der Waals surface area contributed by atoms with Gasteiger partial charge in [-0.2, -0.15) is 0 Å². The van der Waals surface area contributed by atoms with Crippen LogP contribution < -0.4 is 14.2 Å². The van der Waals surface area contributed by atoms with Gasteiger partial charge in [0.15, 0.2) is 11.5 Å². The second-order valence-electron chi connectivity index (χ2n) is 7.45. The molecule has 1 aliphatic heterocycles. The fourth-order valence-electron chi connectivity index (χ4n) is 4.10. The molecule has 3 aromatic rings. The number of carbonyl (C=O) groups is 2. The molecule has 0 unspecified atom stereocenters. The molecule has 2 aromatic carbocycles. The molecule has 8 heteroatoms. The molecule has 0 spiro atoms. The van der Waals surface area contributed by atoms with E-state index in [1.165, 1.54) is 26.2 Å². The zero-order valence-corrected chi connectivity index (χ0v) is 19.1. The number of fused-ring (bicyclic) bond motifs is 3. The van der Waals surface area contributed by atoms with E-state index in [0.717, 1.165) is 16.5 Å². The van der Waals surface area contributed by atoms with Gasteiger partial charge in [-0.3, -0.25) is 4.79 Å². The maximum absolute atomic E-state index is 13.5. The Morgan fingerprint density at radius 3 is 2.36 bits per heavy atom. The lowest BCUT2D eigenvalue weighted by Crippen LogP contribution is -2.28. The number of aromatic amines is 1. The van der Waals surface area contributed by atoms with Crippen molar-refractivity contribution in [1.82, 2.24) is 9.88 Å². The third-order valence-electron chi connectivity index (χ3n) is 5.64. The van der Waals surface area contributed by atoms with Crippen molar-refractivity contribution in [3.8, 4) is 17.2 Å². The van der Waals surface area contributed by atoms with Crippen LogP contribution in [0.25, 0.3) is 16.5 Å². The number of methoxy groups -OCH3 is 3. The van der Waals surface area contributed by atoms with Gasteiger partial charge in [-0.05, 0) is 37.1 Å². The van der Waals surface area contributed by atoms with Gasteiger partial charge in [0.2, 0.25) is 5.75 Å². The number of benzene rings is 2. The molecule has 172 valence electrons. The first-order valence-electron chi connectivity index (χ1n) is 10.6. The molecule has 1 amide bonds. The number of para-hydroxylation sites is 1. The summed E-state index contributed by atoms with van der Waals surface area (Å²) in [4.78, 5) is 31.2. The molecule has 4 rings (SSSR count). The third-order valence-corrected chi connectivity index (χ3v) is 5.64. The quantitative estimate of drug-likeness (QED) is 0.575. The van der Waals surface area contributed by atoms with Crippen LogP contribution in [0.15, 0.2) is 42.6 Å². The molecule has 0 radical (unpaired) electrons. The van der Waals surface area contributed by atoms with E-state index in [1.54, 1.807) is 25.3 Å². The first-order valence-corrected chi connectivity index (χ1v) is 10.6. The standard InChI is InChI=1S/C25H26N2O6/c1-5-33-25(29)18-14-27(11-10-17-16-8-6-7-9-19(16)26-22(17)18)24(28)15-12-20(30-2)23(32-4)21(13-15)31-3/h6-9,12-14,26H,5,10-11H2,1-4H3. The van der Waals surface area contributed by atoms with Crippen molar-refractivity contribution in [2.75, 3.05) is 34.5 Å². The smallest absolute Gasteiger partial charge is 0.341 e. The summed E-state index contributed by atoms with van der Waals surface area (Å²) in [6, 6.07) is 11.1. The molecule has 1 N–H and O–H groups in total. The summed E-state index contributed by atoms with van der Waals surface area (Å²) in [6.45, 7) is 2.36. The van der Waals surface area contributed by atoms with E-state index >= 15 is 0 Å². The van der Waals surface area contributed by atoms with Gasteiger partial charge in [-0.25, -0.2) is 4.79 Å². The Bertz CT molecular complexity index is 1220. The Balaban J connectivity index is 1.79. The number of amides is 1. The fourth-order valence-corrected chi connectivity index (χ4v) is 4.10. The Labute approximate surface area is 191 Å². The first-order chi connectivity index (χ1) is 16.0. The van der Waals surface area contributed by atoms with Crippen LogP contribution in [0.3, 0.4) is 0 Å². The SMILES string of the molecule is CCOC(=O)C1=CN(C(=O)c2cc(OC)c(OC)c(OC)c2)CCc2c1[nH]c1ccccc21. The average Bonchev–Trinajstić information content (AvgIpc) is 3.10. The molecule has 8 nitrogen and oxygen atoms in total. The molecule has 0 atom stereocenters.